The highest BCUT2D eigenvalue weighted by molar-refractivity contribution is 5.74. The summed E-state index contributed by atoms with van der Waals surface area (Å²) in [6.45, 7) is 1.95. The Morgan fingerprint density at radius 1 is 1.12 bits per heavy atom. The lowest BCUT2D eigenvalue weighted by Crippen LogP contribution is -2.25. The van der Waals surface area contributed by atoms with Gasteiger partial charge in [-0.15, -0.1) is 10.2 Å². The van der Waals surface area contributed by atoms with E-state index in [4.69, 9.17) is 4.74 Å². The van der Waals surface area contributed by atoms with Gasteiger partial charge in [0, 0.05) is 6.20 Å². The third-order valence-corrected chi connectivity index (χ3v) is 4.09. The van der Waals surface area contributed by atoms with Crippen LogP contribution in [0.5, 0.6) is 5.75 Å². The van der Waals surface area contributed by atoms with Crippen molar-refractivity contribution in [1.29, 1.82) is 0 Å². The summed E-state index contributed by atoms with van der Waals surface area (Å²) >= 11 is 0. The zero-order valence-electron chi connectivity index (χ0n) is 13.1. The number of hydrogen-bond donors (Lipinski definition) is 0. The lowest BCUT2D eigenvalue weighted by atomic mass is 10.1. The molecule has 0 aliphatic carbocycles. The topological polar surface area (TPSA) is 87.2 Å². The van der Waals surface area contributed by atoms with Gasteiger partial charge in [-0.2, -0.15) is 14.6 Å². The van der Waals surface area contributed by atoms with Crippen molar-refractivity contribution in [3.8, 4) is 5.75 Å². The molecule has 120 valence electrons. The number of methoxy groups -OCH3 is 1. The minimum Gasteiger partial charge on any atom is -0.497 e. The van der Waals surface area contributed by atoms with Crippen molar-refractivity contribution in [3.05, 3.63) is 58.8 Å². The second-order valence-corrected chi connectivity index (χ2v) is 5.38. The quantitative estimate of drug-likeness (QED) is 0.567. The molecule has 0 spiro atoms. The molecule has 0 saturated carbocycles. The number of hydrogen-bond acceptors (Lipinski definition) is 6. The Hall–Kier alpha value is -3.29. The molecule has 1 unspecified atom stereocenters. The monoisotopic (exact) mass is 322 g/mol. The Morgan fingerprint density at radius 3 is 2.67 bits per heavy atom. The van der Waals surface area contributed by atoms with Gasteiger partial charge in [0.25, 0.3) is 11.3 Å². The number of benzene rings is 1. The first-order chi connectivity index (χ1) is 11.7. The Bertz CT molecular complexity index is 1080. The molecule has 8 nitrogen and oxygen atoms in total. The molecule has 3 heterocycles. The number of fused-ring (bicyclic) bond motifs is 3. The summed E-state index contributed by atoms with van der Waals surface area (Å²) in [6.07, 6.45) is 3.12. The molecule has 4 aromatic rings. The molecule has 0 fully saturated rings. The van der Waals surface area contributed by atoms with Crippen molar-refractivity contribution in [2.75, 3.05) is 7.11 Å². The van der Waals surface area contributed by atoms with E-state index in [0.717, 1.165) is 11.3 Å². The van der Waals surface area contributed by atoms with Gasteiger partial charge in [-0.3, -0.25) is 4.79 Å². The van der Waals surface area contributed by atoms with Crippen molar-refractivity contribution in [2.45, 2.75) is 13.0 Å². The molecule has 0 bridgehead atoms. The summed E-state index contributed by atoms with van der Waals surface area (Å²) < 4.78 is 8.30. The first-order valence-electron chi connectivity index (χ1n) is 7.40. The predicted octanol–water partition coefficient (Wildman–Crippen LogP) is 1.45. The van der Waals surface area contributed by atoms with E-state index in [0.29, 0.717) is 11.3 Å². The number of pyridine rings is 1. The van der Waals surface area contributed by atoms with Gasteiger partial charge in [0.05, 0.1) is 13.2 Å². The molecule has 8 heteroatoms. The van der Waals surface area contributed by atoms with E-state index in [1.807, 2.05) is 31.2 Å². The maximum atomic E-state index is 12.8. The predicted molar refractivity (Wildman–Crippen MR) is 87.2 cm³/mol. The van der Waals surface area contributed by atoms with E-state index in [2.05, 4.69) is 20.3 Å². The van der Waals surface area contributed by atoms with Gasteiger partial charge in [0.15, 0.2) is 5.52 Å². The second kappa shape index (κ2) is 5.41. The van der Waals surface area contributed by atoms with Gasteiger partial charge < -0.3 is 9.30 Å². The third kappa shape index (κ3) is 2.11. The van der Waals surface area contributed by atoms with Gasteiger partial charge in [-0.25, -0.2) is 0 Å². The molecular formula is C16H14N6O2. The van der Waals surface area contributed by atoms with Crippen LogP contribution in [-0.4, -0.2) is 36.5 Å². The molecule has 0 aliphatic rings. The SMILES string of the molecule is COc1ccc(C(C)n2ccc3c(nnc4ncnn43)c2=O)cc1. The van der Waals surface area contributed by atoms with Crippen LogP contribution in [0.3, 0.4) is 0 Å². The molecule has 0 amide bonds. The molecule has 0 N–H and O–H groups in total. The zero-order chi connectivity index (χ0) is 16.7. The highest BCUT2D eigenvalue weighted by Crippen LogP contribution is 2.20. The van der Waals surface area contributed by atoms with E-state index in [9.17, 15) is 4.79 Å². The maximum absolute atomic E-state index is 12.8. The second-order valence-electron chi connectivity index (χ2n) is 5.38. The lowest BCUT2D eigenvalue weighted by Gasteiger charge is -2.16. The average Bonchev–Trinajstić information content (AvgIpc) is 3.11. The molecule has 1 atom stereocenters. The van der Waals surface area contributed by atoms with Crippen LogP contribution in [0, 0.1) is 0 Å². The van der Waals surface area contributed by atoms with E-state index in [1.54, 1.807) is 23.9 Å². The van der Waals surface area contributed by atoms with Crippen LogP contribution in [-0.2, 0) is 0 Å². The normalized spacial score (nSPS) is 12.6. The summed E-state index contributed by atoms with van der Waals surface area (Å²) in [4.78, 5) is 16.8. The van der Waals surface area contributed by atoms with Gasteiger partial charge in [0.2, 0.25) is 0 Å². The van der Waals surface area contributed by atoms with Crippen molar-refractivity contribution < 1.29 is 4.74 Å². The van der Waals surface area contributed by atoms with Crippen molar-refractivity contribution >= 4 is 16.8 Å². The minimum atomic E-state index is -0.222. The highest BCUT2D eigenvalue weighted by Gasteiger charge is 2.14. The van der Waals surface area contributed by atoms with E-state index in [-0.39, 0.29) is 17.1 Å². The van der Waals surface area contributed by atoms with Crippen molar-refractivity contribution in [2.24, 2.45) is 0 Å². The summed E-state index contributed by atoms with van der Waals surface area (Å²) in [5, 5.41) is 12.0. The average molecular weight is 322 g/mol. The number of nitrogens with zero attached hydrogens (tertiary/aromatic N) is 6. The van der Waals surface area contributed by atoms with E-state index in [1.165, 1.54) is 10.8 Å². The number of aromatic nitrogens is 6. The van der Waals surface area contributed by atoms with Gasteiger partial charge >= 0.3 is 0 Å². The molecule has 3 aromatic heterocycles. The smallest absolute Gasteiger partial charge is 0.281 e. The molecule has 1 aromatic carbocycles. The van der Waals surface area contributed by atoms with Crippen LogP contribution >= 0.6 is 0 Å². The molecule has 0 aliphatic heterocycles. The van der Waals surface area contributed by atoms with Crippen LogP contribution in [0.4, 0.5) is 0 Å². The fourth-order valence-electron chi connectivity index (χ4n) is 2.71. The van der Waals surface area contributed by atoms with Crippen molar-refractivity contribution in [1.82, 2.24) is 29.4 Å². The summed E-state index contributed by atoms with van der Waals surface area (Å²) in [6, 6.07) is 9.26. The fraction of sp³-hybridized carbons (Fsp3) is 0.188. The maximum Gasteiger partial charge on any atom is 0.281 e. The first-order valence-corrected chi connectivity index (χ1v) is 7.40. The largest absolute Gasteiger partial charge is 0.497 e. The van der Waals surface area contributed by atoms with Crippen molar-refractivity contribution in [3.63, 3.8) is 0 Å². The Labute approximate surface area is 136 Å². The molecular weight excluding hydrogens is 308 g/mol. The third-order valence-electron chi connectivity index (χ3n) is 4.09. The van der Waals surface area contributed by atoms with Gasteiger partial charge in [-0.05, 0) is 30.7 Å². The summed E-state index contributed by atoms with van der Waals surface area (Å²) in [5.41, 5.74) is 1.62. The molecule has 4 rings (SSSR count). The summed E-state index contributed by atoms with van der Waals surface area (Å²) in [7, 11) is 1.62. The zero-order valence-corrected chi connectivity index (χ0v) is 13.1. The number of rotatable bonds is 3. The molecule has 24 heavy (non-hydrogen) atoms. The lowest BCUT2D eigenvalue weighted by molar-refractivity contribution is 0.414. The number of ether oxygens (including phenoxy) is 1. The first kappa shape index (κ1) is 14.3. The summed E-state index contributed by atoms with van der Waals surface area (Å²) in [5.74, 6) is 1.14. The molecule has 0 saturated heterocycles. The Morgan fingerprint density at radius 2 is 1.92 bits per heavy atom. The Kier molecular flexibility index (Phi) is 3.23. The van der Waals surface area contributed by atoms with Gasteiger partial charge in [-0.1, -0.05) is 12.1 Å². The minimum absolute atomic E-state index is 0.152. The highest BCUT2D eigenvalue weighted by atomic mass is 16.5. The fourth-order valence-corrected chi connectivity index (χ4v) is 2.71. The van der Waals surface area contributed by atoms with Crippen LogP contribution in [0.25, 0.3) is 16.8 Å². The van der Waals surface area contributed by atoms with E-state index >= 15 is 0 Å². The van der Waals surface area contributed by atoms with E-state index < -0.39 is 0 Å². The van der Waals surface area contributed by atoms with Crippen LogP contribution in [0.15, 0.2) is 47.7 Å². The van der Waals surface area contributed by atoms with Crippen LogP contribution in [0.2, 0.25) is 0 Å². The van der Waals surface area contributed by atoms with Gasteiger partial charge in [0.1, 0.15) is 17.6 Å². The van der Waals surface area contributed by atoms with Crippen LogP contribution in [0.1, 0.15) is 18.5 Å². The molecule has 0 radical (unpaired) electrons. The standard InChI is InChI=1S/C16H14N6O2/c1-10(11-3-5-12(24-2)6-4-11)21-8-7-13-14(15(21)23)19-20-16-17-9-18-22(13)16/h3-10H,1-2H3. The Balaban J connectivity index is 1.85. The van der Waals surface area contributed by atoms with Crippen LogP contribution < -0.4 is 10.3 Å².